The molecule has 0 fully saturated rings. The van der Waals surface area contributed by atoms with Gasteiger partial charge in [-0.05, 0) is 27.7 Å². The first kappa shape index (κ1) is 19.6. The first-order valence-corrected chi connectivity index (χ1v) is 6.45. The highest BCUT2D eigenvalue weighted by Gasteiger charge is 2.27. The molecule has 6 nitrogen and oxygen atoms in total. The van der Waals surface area contributed by atoms with Gasteiger partial charge in [0, 0.05) is 16.7 Å². The van der Waals surface area contributed by atoms with Crippen LogP contribution in [0.2, 0.25) is 0 Å². The van der Waals surface area contributed by atoms with Crippen molar-refractivity contribution in [3.63, 3.8) is 0 Å². The fourth-order valence-corrected chi connectivity index (χ4v) is 1.01. The molecule has 0 aromatic carbocycles. The molecule has 0 N–H and O–H groups in total. The molecule has 1 radical (unpaired) electrons. The second-order valence-electron chi connectivity index (χ2n) is 4.88. The van der Waals surface area contributed by atoms with Gasteiger partial charge in [0.2, 0.25) is 0 Å². The van der Waals surface area contributed by atoms with Crippen LogP contribution < -0.4 is 0 Å². The van der Waals surface area contributed by atoms with Gasteiger partial charge < -0.3 is 14.2 Å². The van der Waals surface area contributed by atoms with Crippen LogP contribution >= 0.6 is 0 Å². The zero-order valence-electron chi connectivity index (χ0n) is 13.1. The third-order valence-corrected chi connectivity index (χ3v) is 2.31. The van der Waals surface area contributed by atoms with Crippen molar-refractivity contribution in [1.82, 2.24) is 0 Å². The maximum absolute atomic E-state index is 11.6. The van der Waals surface area contributed by atoms with Crippen molar-refractivity contribution in [3.8, 4) is 0 Å². The molecule has 0 aliphatic rings. The molecule has 0 spiro atoms. The number of rotatable bonds is 8. The van der Waals surface area contributed by atoms with Crippen molar-refractivity contribution in [3.05, 3.63) is 43.4 Å². The lowest BCUT2D eigenvalue weighted by Crippen LogP contribution is -2.34. The minimum Gasteiger partial charge on any atom is -0.462 e. The van der Waals surface area contributed by atoms with Crippen molar-refractivity contribution in [2.75, 3.05) is 6.61 Å². The molecule has 0 bridgehead atoms. The Morgan fingerprint density at radius 2 is 1.18 bits per heavy atom. The lowest BCUT2D eigenvalue weighted by atomic mass is 10.2. The Kier molecular flexibility index (Phi) is 7.87. The number of hydrogen-bond donors (Lipinski definition) is 0. The molecule has 0 aromatic rings. The fraction of sp³-hybridized carbons (Fsp3) is 0.375. The second kappa shape index (κ2) is 8.81. The monoisotopic (exact) mass is 309 g/mol. The van der Waals surface area contributed by atoms with Gasteiger partial charge >= 0.3 is 17.9 Å². The summed E-state index contributed by atoms with van der Waals surface area (Å²) in [7, 11) is 0. The van der Waals surface area contributed by atoms with E-state index in [1.807, 2.05) is 0 Å². The molecule has 22 heavy (non-hydrogen) atoms. The summed E-state index contributed by atoms with van der Waals surface area (Å²) in [5.41, 5.74) is 0.464. The molecule has 0 heterocycles. The van der Waals surface area contributed by atoms with Crippen LogP contribution in [0.15, 0.2) is 36.5 Å². The van der Waals surface area contributed by atoms with Crippen molar-refractivity contribution < 1.29 is 28.6 Å². The first-order valence-electron chi connectivity index (χ1n) is 6.45. The van der Waals surface area contributed by atoms with E-state index in [-0.39, 0.29) is 23.3 Å². The van der Waals surface area contributed by atoms with Gasteiger partial charge in [-0.15, -0.1) is 0 Å². The van der Waals surface area contributed by atoms with Crippen LogP contribution in [-0.4, -0.2) is 30.8 Å². The Balaban J connectivity index is 4.88. The fourth-order valence-electron chi connectivity index (χ4n) is 1.01. The zero-order valence-corrected chi connectivity index (χ0v) is 13.1. The van der Waals surface area contributed by atoms with Gasteiger partial charge in [0.15, 0.2) is 0 Å². The van der Waals surface area contributed by atoms with Gasteiger partial charge in [0.25, 0.3) is 6.29 Å². The Morgan fingerprint density at radius 3 is 1.50 bits per heavy atom. The molecule has 1 atom stereocenters. The molecule has 0 saturated heterocycles. The highest BCUT2D eigenvalue weighted by Crippen LogP contribution is 2.14. The summed E-state index contributed by atoms with van der Waals surface area (Å²) in [5, 5.41) is 0. The van der Waals surface area contributed by atoms with Gasteiger partial charge in [-0.1, -0.05) is 19.7 Å². The molecule has 0 saturated carbocycles. The summed E-state index contributed by atoms with van der Waals surface area (Å²) in [6, 6.07) is 0. The van der Waals surface area contributed by atoms with E-state index in [0.717, 1.165) is 0 Å². The molecule has 0 amide bonds. The smallest absolute Gasteiger partial charge is 0.336 e. The minimum atomic E-state index is -1.33. The van der Waals surface area contributed by atoms with Gasteiger partial charge in [-0.2, -0.15) is 0 Å². The molecule has 0 rings (SSSR count). The quantitative estimate of drug-likeness (QED) is 0.388. The standard InChI is InChI=1S/C16H21O6/c1-9(2)13(17)20-8-12(7)16(21-14(18)10(3)4)22-15(19)11(5)6/h12,16H,1,3,5,7-8H2,2,4,6H3. The summed E-state index contributed by atoms with van der Waals surface area (Å²) in [6.45, 7) is 18.1. The van der Waals surface area contributed by atoms with Crippen LogP contribution in [0.3, 0.4) is 0 Å². The molecule has 121 valence electrons. The lowest BCUT2D eigenvalue weighted by Gasteiger charge is -2.23. The summed E-state index contributed by atoms with van der Waals surface area (Å²) < 4.78 is 14.9. The van der Waals surface area contributed by atoms with Crippen molar-refractivity contribution in [1.29, 1.82) is 0 Å². The Morgan fingerprint density at radius 1 is 0.818 bits per heavy atom. The van der Waals surface area contributed by atoms with E-state index in [1.54, 1.807) is 0 Å². The van der Waals surface area contributed by atoms with E-state index in [4.69, 9.17) is 14.2 Å². The topological polar surface area (TPSA) is 78.9 Å². The van der Waals surface area contributed by atoms with Crippen molar-refractivity contribution in [2.45, 2.75) is 27.1 Å². The highest BCUT2D eigenvalue weighted by molar-refractivity contribution is 5.88. The molecule has 0 aliphatic heterocycles. The lowest BCUT2D eigenvalue weighted by molar-refractivity contribution is -0.192. The zero-order chi connectivity index (χ0) is 17.4. The summed E-state index contributed by atoms with van der Waals surface area (Å²) in [5.74, 6) is -2.95. The minimum absolute atomic E-state index is 0.127. The van der Waals surface area contributed by atoms with Crippen molar-refractivity contribution >= 4 is 17.9 Å². The third kappa shape index (κ3) is 6.88. The average Bonchev–Trinajstić information content (AvgIpc) is 2.42. The van der Waals surface area contributed by atoms with Gasteiger partial charge in [0.05, 0.1) is 5.92 Å². The summed E-state index contributed by atoms with van der Waals surface area (Å²) >= 11 is 0. The van der Waals surface area contributed by atoms with E-state index in [9.17, 15) is 14.4 Å². The van der Waals surface area contributed by atoms with Crippen LogP contribution in [-0.2, 0) is 28.6 Å². The molecule has 0 aromatic heterocycles. The van der Waals surface area contributed by atoms with Crippen LogP contribution in [0.5, 0.6) is 0 Å². The predicted molar refractivity (Wildman–Crippen MR) is 80.2 cm³/mol. The largest absolute Gasteiger partial charge is 0.462 e. The predicted octanol–water partition coefficient (Wildman–Crippen LogP) is 2.12. The molecule has 6 heteroatoms. The van der Waals surface area contributed by atoms with Gasteiger partial charge in [0.1, 0.15) is 6.61 Å². The number of esters is 3. The van der Waals surface area contributed by atoms with Crippen molar-refractivity contribution in [2.24, 2.45) is 5.92 Å². The number of hydrogen-bond acceptors (Lipinski definition) is 6. The van der Waals surface area contributed by atoms with E-state index in [1.165, 1.54) is 20.8 Å². The Labute approximate surface area is 130 Å². The van der Waals surface area contributed by atoms with Gasteiger partial charge in [-0.25, -0.2) is 14.4 Å². The normalized spacial score (nSPS) is 11.3. The maximum Gasteiger partial charge on any atom is 0.336 e. The number of ether oxygens (including phenoxy) is 3. The van der Waals surface area contributed by atoms with Crippen LogP contribution in [0.1, 0.15) is 20.8 Å². The molecular formula is C16H21O6. The van der Waals surface area contributed by atoms with E-state index in [0.29, 0.717) is 0 Å². The number of carbonyl (C=O) groups excluding carboxylic acids is 3. The van der Waals surface area contributed by atoms with Gasteiger partial charge in [-0.3, -0.25) is 0 Å². The van der Waals surface area contributed by atoms with E-state index < -0.39 is 30.1 Å². The van der Waals surface area contributed by atoms with Crippen LogP contribution in [0.25, 0.3) is 0 Å². The first-order chi connectivity index (χ1) is 10.1. The maximum atomic E-state index is 11.6. The second-order valence-corrected chi connectivity index (χ2v) is 4.88. The third-order valence-electron chi connectivity index (χ3n) is 2.31. The summed E-state index contributed by atoms with van der Waals surface area (Å²) in [6.07, 6.45) is -1.33. The summed E-state index contributed by atoms with van der Waals surface area (Å²) in [4.78, 5) is 34.5. The Hall–Kier alpha value is -2.37. The van der Waals surface area contributed by atoms with Crippen LogP contribution in [0, 0.1) is 12.8 Å². The van der Waals surface area contributed by atoms with Crippen LogP contribution in [0.4, 0.5) is 0 Å². The SMILES string of the molecule is [CH2]C(COC(=O)C(=C)C)C(OC(=O)C(=C)C)OC(=O)C(=C)C. The average molecular weight is 309 g/mol. The molecule has 0 aliphatic carbocycles. The molecular weight excluding hydrogens is 288 g/mol. The highest BCUT2D eigenvalue weighted by atomic mass is 16.7. The molecule has 1 unspecified atom stereocenters. The Bertz CT molecular complexity index is 475. The van der Waals surface area contributed by atoms with E-state index in [2.05, 4.69) is 26.7 Å². The van der Waals surface area contributed by atoms with E-state index >= 15 is 0 Å². The number of carbonyl (C=O) groups is 3.